The molecule has 7 nitrogen and oxygen atoms in total. The van der Waals surface area contributed by atoms with Crippen molar-refractivity contribution >= 4 is 11.8 Å². The Hall–Kier alpha value is -1.80. The molecule has 0 amide bonds. The fourth-order valence-corrected chi connectivity index (χ4v) is 4.00. The number of hydrogen-bond donors (Lipinski definition) is 2. The molecule has 0 unspecified atom stereocenters. The molecule has 2 N–H and O–H groups in total. The lowest BCUT2D eigenvalue weighted by molar-refractivity contribution is -0.315. The van der Waals surface area contributed by atoms with Gasteiger partial charge < -0.3 is 24.4 Å². The number of rotatable bonds is 5. The predicted octanol–water partition coefficient (Wildman–Crippen LogP) is 3.63. The maximum Gasteiger partial charge on any atom is 0.333 e. The van der Waals surface area contributed by atoms with Gasteiger partial charge in [-0.3, -0.25) is 4.79 Å². The molecule has 0 aromatic rings. The number of ketones is 1. The monoisotopic (exact) mass is 464 g/mol. The van der Waals surface area contributed by atoms with Crippen LogP contribution in [0.15, 0.2) is 36.0 Å². The summed E-state index contributed by atoms with van der Waals surface area (Å²) in [6.07, 6.45) is 2.04. The van der Waals surface area contributed by atoms with Gasteiger partial charge in [-0.1, -0.05) is 38.7 Å². The van der Waals surface area contributed by atoms with Crippen molar-refractivity contribution in [3.63, 3.8) is 0 Å². The first-order valence-corrected chi connectivity index (χ1v) is 11.8. The van der Waals surface area contributed by atoms with Crippen LogP contribution in [0.4, 0.5) is 0 Å². The van der Waals surface area contributed by atoms with Crippen molar-refractivity contribution in [3.8, 4) is 0 Å². The third kappa shape index (κ3) is 7.09. The average Bonchev–Trinajstić information content (AvgIpc) is 2.77. The van der Waals surface area contributed by atoms with Crippen LogP contribution >= 0.6 is 0 Å². The van der Waals surface area contributed by atoms with Gasteiger partial charge in [0.2, 0.25) is 0 Å². The standard InChI is InChI=1S/C26H40O7/c1-8-16(4)24(30)32-23-22(29)21(28)18(6)31-25(23)33-26(7)13-11-19(15(2)3)10-9-17(5)20(27)12-14-26/h8,11,13,15,18-19,21-23,25,28-29H,5,9-10,12,14H2,1-4,6-7H3/b13-11+,16-8-/t18-,19-,21+,22-,23-,25+,26-/m0/s1. The molecular formula is C26H40O7. The highest BCUT2D eigenvalue weighted by molar-refractivity contribution is 5.94. The van der Waals surface area contributed by atoms with E-state index in [0.717, 1.165) is 6.42 Å². The number of esters is 1. The van der Waals surface area contributed by atoms with E-state index < -0.39 is 42.3 Å². The predicted molar refractivity (Wildman–Crippen MR) is 125 cm³/mol. The number of carbonyl (C=O) groups is 2. The van der Waals surface area contributed by atoms with E-state index >= 15 is 0 Å². The van der Waals surface area contributed by atoms with Gasteiger partial charge >= 0.3 is 5.97 Å². The quantitative estimate of drug-likeness (QED) is 0.364. The number of ether oxygens (including phenoxy) is 3. The van der Waals surface area contributed by atoms with Crippen molar-refractivity contribution in [3.05, 3.63) is 36.0 Å². The minimum atomic E-state index is -1.38. The van der Waals surface area contributed by atoms with Crippen LogP contribution in [0.25, 0.3) is 0 Å². The SMILES string of the molecule is C=C1CC[C@H](C(C)C)/C=C/[C@](C)(O[C@H]2O[C@@H](C)[C@@H](O)[C@H](O)[C@@H]2OC(=O)/C(C)=C\C)CCC1=O. The molecule has 0 radical (unpaired) electrons. The number of carbonyl (C=O) groups excluding carboxylic acids is 2. The van der Waals surface area contributed by atoms with Crippen molar-refractivity contribution in [1.29, 1.82) is 0 Å². The fourth-order valence-electron chi connectivity index (χ4n) is 4.00. The van der Waals surface area contributed by atoms with Crippen LogP contribution in [0.5, 0.6) is 0 Å². The Bertz CT molecular complexity index is 784. The molecule has 2 rings (SSSR count). The number of aliphatic hydroxyl groups is 2. The Morgan fingerprint density at radius 3 is 2.58 bits per heavy atom. The Morgan fingerprint density at radius 2 is 1.97 bits per heavy atom. The molecule has 7 heteroatoms. The first-order valence-electron chi connectivity index (χ1n) is 11.8. The van der Waals surface area contributed by atoms with Crippen LogP contribution in [0.1, 0.15) is 67.2 Å². The molecule has 7 atom stereocenters. The molecule has 0 aromatic carbocycles. The van der Waals surface area contributed by atoms with E-state index in [2.05, 4.69) is 26.5 Å². The lowest BCUT2D eigenvalue weighted by Crippen LogP contribution is -2.60. The maximum absolute atomic E-state index is 12.6. The second-order valence-electron chi connectivity index (χ2n) is 9.80. The Kier molecular flexibility index (Phi) is 9.61. The lowest BCUT2D eigenvalue weighted by Gasteiger charge is -2.44. The van der Waals surface area contributed by atoms with E-state index in [1.54, 1.807) is 26.8 Å². The molecule has 2 aliphatic rings. The van der Waals surface area contributed by atoms with Crippen molar-refractivity contribution in [1.82, 2.24) is 0 Å². The summed E-state index contributed by atoms with van der Waals surface area (Å²) in [4.78, 5) is 25.0. The molecule has 1 aliphatic carbocycles. The van der Waals surface area contributed by atoms with Gasteiger partial charge in [0.15, 0.2) is 18.2 Å². The van der Waals surface area contributed by atoms with Gasteiger partial charge in [0.1, 0.15) is 12.2 Å². The molecule has 33 heavy (non-hydrogen) atoms. The number of aliphatic hydroxyl groups excluding tert-OH is 2. The third-order valence-electron chi connectivity index (χ3n) is 6.74. The summed E-state index contributed by atoms with van der Waals surface area (Å²) in [6.45, 7) is 15.0. The highest BCUT2D eigenvalue weighted by Crippen LogP contribution is 2.33. The first-order chi connectivity index (χ1) is 15.4. The van der Waals surface area contributed by atoms with Gasteiger partial charge in [-0.25, -0.2) is 4.79 Å². The van der Waals surface area contributed by atoms with Crippen LogP contribution in [0.3, 0.4) is 0 Å². The van der Waals surface area contributed by atoms with E-state index in [4.69, 9.17) is 14.2 Å². The van der Waals surface area contributed by atoms with E-state index in [1.807, 2.05) is 13.0 Å². The third-order valence-corrected chi connectivity index (χ3v) is 6.74. The average molecular weight is 465 g/mol. The molecule has 0 aromatic heterocycles. The van der Waals surface area contributed by atoms with Gasteiger partial charge in [0.25, 0.3) is 0 Å². The minimum Gasteiger partial charge on any atom is -0.451 e. The molecule has 0 saturated carbocycles. The summed E-state index contributed by atoms with van der Waals surface area (Å²) in [7, 11) is 0. The Labute approximate surface area is 197 Å². The van der Waals surface area contributed by atoms with Gasteiger partial charge in [0, 0.05) is 12.0 Å². The largest absolute Gasteiger partial charge is 0.451 e. The molecule has 1 fully saturated rings. The summed E-state index contributed by atoms with van der Waals surface area (Å²) in [5.74, 6) is -0.0189. The second kappa shape index (κ2) is 11.6. The highest BCUT2D eigenvalue weighted by Gasteiger charge is 2.48. The van der Waals surface area contributed by atoms with Crippen molar-refractivity contribution in [2.75, 3.05) is 0 Å². The second-order valence-corrected chi connectivity index (χ2v) is 9.80. The smallest absolute Gasteiger partial charge is 0.333 e. The zero-order valence-corrected chi connectivity index (χ0v) is 20.7. The van der Waals surface area contributed by atoms with E-state index in [1.165, 1.54) is 0 Å². The summed E-state index contributed by atoms with van der Waals surface area (Å²) in [6, 6.07) is 0. The van der Waals surface area contributed by atoms with Gasteiger partial charge in [-0.15, -0.1) is 0 Å². The molecule has 0 spiro atoms. The van der Waals surface area contributed by atoms with Gasteiger partial charge in [-0.2, -0.15) is 0 Å². The zero-order valence-electron chi connectivity index (χ0n) is 20.7. The molecule has 186 valence electrons. The van der Waals surface area contributed by atoms with Gasteiger partial charge in [-0.05, 0) is 64.4 Å². The number of hydrogen-bond acceptors (Lipinski definition) is 7. The van der Waals surface area contributed by atoms with Crippen LogP contribution in [0.2, 0.25) is 0 Å². The summed E-state index contributed by atoms with van der Waals surface area (Å²) < 4.78 is 17.7. The summed E-state index contributed by atoms with van der Waals surface area (Å²) in [5.41, 5.74) is 0.0587. The first kappa shape index (κ1) is 27.4. The van der Waals surface area contributed by atoms with Crippen LogP contribution < -0.4 is 0 Å². The van der Waals surface area contributed by atoms with E-state index in [9.17, 15) is 19.8 Å². The number of allylic oxidation sites excluding steroid dienone is 3. The van der Waals surface area contributed by atoms with E-state index in [0.29, 0.717) is 29.9 Å². The molecule has 1 heterocycles. The van der Waals surface area contributed by atoms with Crippen LogP contribution in [-0.4, -0.2) is 58.3 Å². The van der Waals surface area contributed by atoms with Crippen LogP contribution in [0, 0.1) is 11.8 Å². The van der Waals surface area contributed by atoms with E-state index in [-0.39, 0.29) is 18.1 Å². The maximum atomic E-state index is 12.6. The molecular weight excluding hydrogens is 424 g/mol. The summed E-state index contributed by atoms with van der Waals surface area (Å²) in [5, 5.41) is 21.0. The topological polar surface area (TPSA) is 102 Å². The molecule has 0 bridgehead atoms. The number of Topliss-reactive ketones (excluding diaryl/α,β-unsaturated/α-hetero) is 1. The lowest BCUT2D eigenvalue weighted by atomic mass is 9.84. The normalized spacial score (nSPS) is 37.7. The van der Waals surface area contributed by atoms with Crippen LogP contribution in [-0.2, 0) is 23.8 Å². The molecule has 1 aliphatic heterocycles. The van der Waals surface area contributed by atoms with Crippen molar-refractivity contribution < 1.29 is 34.0 Å². The zero-order chi connectivity index (χ0) is 24.9. The summed E-state index contributed by atoms with van der Waals surface area (Å²) >= 11 is 0. The fraction of sp³-hybridized carbons (Fsp3) is 0.692. The van der Waals surface area contributed by atoms with Crippen molar-refractivity contribution in [2.24, 2.45) is 11.8 Å². The minimum absolute atomic E-state index is 0.00250. The highest BCUT2D eigenvalue weighted by atomic mass is 16.7. The van der Waals surface area contributed by atoms with Crippen molar-refractivity contribution in [2.45, 2.75) is 104 Å². The Balaban J connectivity index is 2.35. The molecule has 1 saturated heterocycles. The van der Waals surface area contributed by atoms with Gasteiger partial charge in [0.05, 0.1) is 11.7 Å². The Morgan fingerprint density at radius 1 is 1.30 bits per heavy atom.